The maximum absolute atomic E-state index is 11.9. The Morgan fingerprint density at radius 3 is 2.29 bits per heavy atom. The van der Waals surface area contributed by atoms with E-state index in [4.69, 9.17) is 14.2 Å². The van der Waals surface area contributed by atoms with Gasteiger partial charge in [-0.25, -0.2) is 4.79 Å². The van der Waals surface area contributed by atoms with Crippen LogP contribution in [-0.2, 0) is 14.3 Å². The predicted octanol–water partition coefficient (Wildman–Crippen LogP) is 3.10. The summed E-state index contributed by atoms with van der Waals surface area (Å²) >= 11 is 0. The van der Waals surface area contributed by atoms with Crippen molar-refractivity contribution in [3.05, 3.63) is 59.7 Å². The van der Waals surface area contributed by atoms with Crippen molar-refractivity contribution in [2.45, 2.75) is 6.92 Å². The summed E-state index contributed by atoms with van der Waals surface area (Å²) in [6.07, 6.45) is 2.74. The van der Waals surface area contributed by atoms with Gasteiger partial charge >= 0.3 is 5.97 Å². The molecule has 0 saturated carbocycles. The van der Waals surface area contributed by atoms with E-state index in [0.717, 1.165) is 0 Å². The first-order valence-corrected chi connectivity index (χ1v) is 8.40. The minimum Gasteiger partial charge on any atom is -0.497 e. The highest BCUT2D eigenvalue weighted by atomic mass is 16.5. The van der Waals surface area contributed by atoms with Crippen LogP contribution in [0.4, 0.5) is 5.69 Å². The van der Waals surface area contributed by atoms with Gasteiger partial charge in [-0.1, -0.05) is 12.1 Å². The Hall–Kier alpha value is -3.61. The first kappa shape index (κ1) is 20.7. The van der Waals surface area contributed by atoms with Gasteiger partial charge in [0.2, 0.25) is 0 Å². The molecule has 0 aliphatic carbocycles. The maximum atomic E-state index is 11.9. The number of nitrogens with one attached hydrogen (secondary N) is 1. The van der Waals surface area contributed by atoms with Crippen LogP contribution < -0.4 is 14.8 Å². The molecule has 7 nitrogen and oxygen atoms in total. The fraction of sp³-hybridized carbons (Fsp3) is 0.190. The van der Waals surface area contributed by atoms with Crippen molar-refractivity contribution < 1.29 is 28.6 Å². The zero-order valence-electron chi connectivity index (χ0n) is 15.9. The van der Waals surface area contributed by atoms with Gasteiger partial charge in [0.1, 0.15) is 11.5 Å². The summed E-state index contributed by atoms with van der Waals surface area (Å²) < 4.78 is 15.2. The number of methoxy groups -OCH3 is 2. The number of ether oxygens (including phenoxy) is 3. The van der Waals surface area contributed by atoms with Crippen LogP contribution in [0.3, 0.4) is 0 Å². The van der Waals surface area contributed by atoms with Crippen molar-refractivity contribution in [2.24, 2.45) is 0 Å². The van der Waals surface area contributed by atoms with Crippen molar-refractivity contribution in [1.82, 2.24) is 0 Å². The molecule has 7 heteroatoms. The molecule has 0 radical (unpaired) electrons. The van der Waals surface area contributed by atoms with E-state index in [1.54, 1.807) is 42.5 Å². The summed E-state index contributed by atoms with van der Waals surface area (Å²) in [5.74, 6) is -0.124. The van der Waals surface area contributed by atoms with Crippen LogP contribution >= 0.6 is 0 Å². The Morgan fingerprint density at radius 1 is 1.00 bits per heavy atom. The van der Waals surface area contributed by atoms with Gasteiger partial charge in [-0.05, 0) is 42.8 Å². The third kappa shape index (κ3) is 6.28. The quantitative estimate of drug-likeness (QED) is 0.428. The van der Waals surface area contributed by atoms with E-state index in [-0.39, 0.29) is 5.78 Å². The molecule has 0 aliphatic rings. The lowest BCUT2D eigenvalue weighted by Gasteiger charge is -2.07. The molecule has 0 aliphatic heterocycles. The molecule has 146 valence electrons. The largest absolute Gasteiger partial charge is 0.497 e. The van der Waals surface area contributed by atoms with E-state index in [0.29, 0.717) is 28.3 Å². The van der Waals surface area contributed by atoms with Crippen LogP contribution in [-0.4, -0.2) is 38.5 Å². The van der Waals surface area contributed by atoms with Gasteiger partial charge in [-0.3, -0.25) is 9.59 Å². The molecule has 0 fully saturated rings. The second-order valence-electron chi connectivity index (χ2n) is 5.77. The van der Waals surface area contributed by atoms with Gasteiger partial charge in [0.25, 0.3) is 5.91 Å². The van der Waals surface area contributed by atoms with Crippen LogP contribution in [0.1, 0.15) is 22.8 Å². The summed E-state index contributed by atoms with van der Waals surface area (Å²) in [6.45, 7) is 0.988. The number of hydrogen-bond acceptors (Lipinski definition) is 6. The smallest absolute Gasteiger partial charge is 0.331 e. The molecule has 2 rings (SSSR count). The second-order valence-corrected chi connectivity index (χ2v) is 5.77. The van der Waals surface area contributed by atoms with Crippen molar-refractivity contribution in [1.29, 1.82) is 0 Å². The number of anilines is 1. The summed E-state index contributed by atoms with van der Waals surface area (Å²) in [5, 5.41) is 2.57. The Labute approximate surface area is 162 Å². The van der Waals surface area contributed by atoms with E-state index in [9.17, 15) is 14.4 Å². The minimum absolute atomic E-state index is 0.109. The Kier molecular flexibility index (Phi) is 7.33. The molecular weight excluding hydrogens is 362 g/mol. The number of carbonyl (C=O) groups is 3. The first-order chi connectivity index (χ1) is 13.4. The van der Waals surface area contributed by atoms with E-state index >= 15 is 0 Å². The predicted molar refractivity (Wildman–Crippen MR) is 105 cm³/mol. The molecule has 1 N–H and O–H groups in total. The number of esters is 1. The zero-order chi connectivity index (χ0) is 20.5. The van der Waals surface area contributed by atoms with E-state index in [1.807, 2.05) is 0 Å². The monoisotopic (exact) mass is 383 g/mol. The molecule has 2 aromatic rings. The lowest BCUT2D eigenvalue weighted by atomic mass is 10.1. The highest BCUT2D eigenvalue weighted by Gasteiger charge is 2.07. The van der Waals surface area contributed by atoms with Crippen molar-refractivity contribution in [2.75, 3.05) is 26.1 Å². The van der Waals surface area contributed by atoms with Crippen LogP contribution in [0.15, 0.2) is 48.5 Å². The maximum Gasteiger partial charge on any atom is 0.331 e. The Bertz CT molecular complexity index is 881. The summed E-state index contributed by atoms with van der Waals surface area (Å²) in [5.41, 5.74) is 1.61. The first-order valence-electron chi connectivity index (χ1n) is 8.40. The minimum atomic E-state index is -0.672. The summed E-state index contributed by atoms with van der Waals surface area (Å²) in [7, 11) is 3.06. The highest BCUT2D eigenvalue weighted by Crippen LogP contribution is 2.23. The molecule has 0 unspecified atom stereocenters. The number of ketones is 1. The normalized spacial score (nSPS) is 10.4. The molecule has 0 spiro atoms. The fourth-order valence-corrected chi connectivity index (χ4v) is 2.29. The SMILES string of the molecule is COc1cc(/C=C/C(=O)OCC(=O)Nc2cccc(C(C)=O)c2)cc(OC)c1. The number of benzene rings is 2. The third-order valence-electron chi connectivity index (χ3n) is 3.68. The lowest BCUT2D eigenvalue weighted by Crippen LogP contribution is -2.20. The number of carbonyl (C=O) groups excluding carboxylic acids is 3. The number of rotatable bonds is 8. The number of hydrogen-bond donors (Lipinski definition) is 1. The average molecular weight is 383 g/mol. The molecule has 0 bridgehead atoms. The van der Waals surface area contributed by atoms with Crippen LogP contribution in [0, 0.1) is 0 Å². The molecule has 0 heterocycles. The van der Waals surface area contributed by atoms with Crippen LogP contribution in [0.2, 0.25) is 0 Å². The molecule has 0 aromatic heterocycles. The molecule has 28 heavy (non-hydrogen) atoms. The Morgan fingerprint density at radius 2 is 1.68 bits per heavy atom. The fourth-order valence-electron chi connectivity index (χ4n) is 2.29. The van der Waals surface area contributed by atoms with Gasteiger partial charge in [-0.15, -0.1) is 0 Å². The summed E-state index contributed by atoms with van der Waals surface area (Å²) in [4.78, 5) is 35.1. The van der Waals surface area contributed by atoms with E-state index in [2.05, 4.69) is 5.32 Å². The number of amides is 1. The topological polar surface area (TPSA) is 90.9 Å². The second kappa shape index (κ2) is 9.91. The van der Waals surface area contributed by atoms with Gasteiger partial charge in [0.05, 0.1) is 14.2 Å². The van der Waals surface area contributed by atoms with Gasteiger partial charge < -0.3 is 19.5 Å². The average Bonchev–Trinajstić information content (AvgIpc) is 2.70. The van der Waals surface area contributed by atoms with Crippen molar-refractivity contribution in [3.8, 4) is 11.5 Å². The number of Topliss-reactive ketones (excluding diaryl/α,β-unsaturated/α-hetero) is 1. The van der Waals surface area contributed by atoms with Crippen LogP contribution in [0.5, 0.6) is 11.5 Å². The summed E-state index contributed by atoms with van der Waals surface area (Å²) in [6, 6.07) is 11.7. The lowest BCUT2D eigenvalue weighted by molar-refractivity contribution is -0.142. The molecule has 1 amide bonds. The molecule has 0 atom stereocenters. The zero-order valence-corrected chi connectivity index (χ0v) is 15.9. The van der Waals surface area contributed by atoms with Gasteiger partial charge in [0.15, 0.2) is 12.4 Å². The van der Waals surface area contributed by atoms with Crippen LogP contribution in [0.25, 0.3) is 6.08 Å². The molecule has 0 saturated heterocycles. The Balaban J connectivity index is 1.90. The molecule has 2 aromatic carbocycles. The van der Waals surface area contributed by atoms with Crippen molar-refractivity contribution >= 4 is 29.4 Å². The van der Waals surface area contributed by atoms with E-state index in [1.165, 1.54) is 33.3 Å². The third-order valence-corrected chi connectivity index (χ3v) is 3.68. The van der Waals surface area contributed by atoms with Gasteiger partial charge in [-0.2, -0.15) is 0 Å². The standard InChI is InChI=1S/C21H21NO6/c1-14(23)16-5-4-6-17(11-16)22-20(24)13-28-21(25)8-7-15-9-18(26-2)12-19(10-15)27-3/h4-12H,13H2,1-3H3,(H,22,24)/b8-7+. The van der Waals surface area contributed by atoms with Crippen molar-refractivity contribution in [3.63, 3.8) is 0 Å². The molecular formula is C21H21NO6. The van der Waals surface area contributed by atoms with Gasteiger partial charge in [0, 0.05) is 23.4 Å². The van der Waals surface area contributed by atoms with E-state index < -0.39 is 18.5 Å². The highest BCUT2D eigenvalue weighted by molar-refractivity contribution is 5.98.